The molecule has 1 aliphatic heterocycles. The number of nitrogens with one attached hydrogen (secondary N) is 1. The Morgan fingerprint density at radius 2 is 2.05 bits per heavy atom. The van der Waals surface area contributed by atoms with Gasteiger partial charge in [0.15, 0.2) is 9.84 Å². The number of aromatic nitrogens is 2. The minimum Gasteiger partial charge on any atom is -0.307 e. The van der Waals surface area contributed by atoms with Gasteiger partial charge in [-0.1, -0.05) is 6.07 Å². The van der Waals surface area contributed by atoms with E-state index < -0.39 is 32.9 Å². The zero-order chi connectivity index (χ0) is 14.5. The van der Waals surface area contributed by atoms with Crippen LogP contribution in [0.2, 0.25) is 0 Å². The number of benzene rings is 1. The Hall–Kier alpha value is -1.96. The first-order valence-corrected chi connectivity index (χ1v) is 7.85. The van der Waals surface area contributed by atoms with Crippen LogP contribution < -0.4 is 11.2 Å². The van der Waals surface area contributed by atoms with Crippen molar-refractivity contribution in [3.8, 4) is 0 Å². The molecule has 1 aliphatic rings. The van der Waals surface area contributed by atoms with Crippen LogP contribution in [0.1, 0.15) is 12.5 Å². The van der Waals surface area contributed by atoms with Gasteiger partial charge in [0.05, 0.1) is 28.5 Å². The van der Waals surface area contributed by atoms with E-state index in [1.165, 1.54) is 12.1 Å². The third-order valence-corrected chi connectivity index (χ3v) is 5.23. The van der Waals surface area contributed by atoms with Crippen molar-refractivity contribution in [1.82, 2.24) is 9.55 Å². The first-order chi connectivity index (χ1) is 9.39. The predicted octanol–water partition coefficient (Wildman–Crippen LogP) is 0.188. The number of H-pyrrole nitrogens is 1. The van der Waals surface area contributed by atoms with Crippen LogP contribution in [-0.4, -0.2) is 29.5 Å². The molecule has 0 radical (unpaired) electrons. The summed E-state index contributed by atoms with van der Waals surface area (Å²) < 4.78 is 37.5. The summed E-state index contributed by atoms with van der Waals surface area (Å²) in [6.45, 7) is 0. The van der Waals surface area contributed by atoms with Crippen LogP contribution in [0.4, 0.5) is 4.39 Å². The summed E-state index contributed by atoms with van der Waals surface area (Å²) >= 11 is 0. The molecule has 1 unspecified atom stereocenters. The number of hydrogen-bond donors (Lipinski definition) is 1. The smallest absolute Gasteiger partial charge is 0.307 e. The van der Waals surface area contributed by atoms with E-state index in [4.69, 9.17) is 0 Å². The fourth-order valence-electron chi connectivity index (χ4n) is 2.54. The maximum absolute atomic E-state index is 13.7. The van der Waals surface area contributed by atoms with Crippen molar-refractivity contribution >= 4 is 20.7 Å². The molecule has 0 saturated carbocycles. The molecule has 1 aromatic carbocycles. The van der Waals surface area contributed by atoms with E-state index in [0.29, 0.717) is 0 Å². The van der Waals surface area contributed by atoms with Crippen molar-refractivity contribution in [1.29, 1.82) is 0 Å². The topological polar surface area (TPSA) is 89.0 Å². The Morgan fingerprint density at radius 1 is 1.30 bits per heavy atom. The molecule has 6 nitrogen and oxygen atoms in total. The molecule has 1 aromatic heterocycles. The molecular formula is C12H11FN2O4S. The lowest BCUT2D eigenvalue weighted by molar-refractivity contribution is 0.515. The lowest BCUT2D eigenvalue weighted by atomic mass is 10.2. The second kappa shape index (κ2) is 4.27. The van der Waals surface area contributed by atoms with Gasteiger partial charge in [-0.15, -0.1) is 0 Å². The van der Waals surface area contributed by atoms with E-state index in [-0.39, 0.29) is 28.8 Å². The van der Waals surface area contributed by atoms with E-state index in [1.54, 1.807) is 0 Å². The summed E-state index contributed by atoms with van der Waals surface area (Å²) in [5.41, 5.74) is -1.39. The van der Waals surface area contributed by atoms with Gasteiger partial charge in [0.25, 0.3) is 5.56 Å². The highest BCUT2D eigenvalue weighted by Gasteiger charge is 2.31. The molecule has 3 rings (SSSR count). The van der Waals surface area contributed by atoms with Crippen LogP contribution in [-0.2, 0) is 9.84 Å². The van der Waals surface area contributed by atoms with Gasteiger partial charge < -0.3 is 4.98 Å². The van der Waals surface area contributed by atoms with Crippen molar-refractivity contribution in [3.05, 3.63) is 44.9 Å². The SMILES string of the molecule is O=c1[nH]c2cccc(F)c2c(=O)n1C1CCS(=O)(=O)C1. The molecule has 1 fully saturated rings. The molecule has 1 N–H and O–H groups in total. The Kier molecular flexibility index (Phi) is 2.79. The first-order valence-electron chi connectivity index (χ1n) is 6.02. The van der Waals surface area contributed by atoms with E-state index >= 15 is 0 Å². The van der Waals surface area contributed by atoms with Crippen LogP contribution in [0.5, 0.6) is 0 Å². The third kappa shape index (κ3) is 1.96. The van der Waals surface area contributed by atoms with Crippen LogP contribution in [0, 0.1) is 5.82 Å². The fraction of sp³-hybridized carbons (Fsp3) is 0.333. The summed E-state index contributed by atoms with van der Waals surface area (Å²) in [6, 6.07) is 3.20. The van der Waals surface area contributed by atoms with Gasteiger partial charge in [-0.05, 0) is 18.6 Å². The van der Waals surface area contributed by atoms with E-state index in [9.17, 15) is 22.4 Å². The molecule has 0 aliphatic carbocycles. The minimum absolute atomic E-state index is 0.0706. The number of fused-ring (bicyclic) bond motifs is 1. The first kappa shape index (κ1) is 13.0. The van der Waals surface area contributed by atoms with Crippen LogP contribution >= 0.6 is 0 Å². The highest BCUT2D eigenvalue weighted by molar-refractivity contribution is 7.91. The normalized spacial score (nSPS) is 21.4. The molecule has 1 atom stereocenters. The van der Waals surface area contributed by atoms with Crippen LogP contribution in [0.15, 0.2) is 27.8 Å². The predicted molar refractivity (Wildman–Crippen MR) is 71.1 cm³/mol. The molecule has 0 bridgehead atoms. The highest BCUT2D eigenvalue weighted by atomic mass is 32.2. The van der Waals surface area contributed by atoms with Gasteiger partial charge in [-0.25, -0.2) is 17.6 Å². The monoisotopic (exact) mass is 298 g/mol. The van der Waals surface area contributed by atoms with Gasteiger partial charge in [0.2, 0.25) is 0 Å². The molecule has 20 heavy (non-hydrogen) atoms. The summed E-state index contributed by atoms with van der Waals surface area (Å²) in [6.07, 6.45) is 0.186. The van der Waals surface area contributed by atoms with Crippen LogP contribution in [0.25, 0.3) is 10.9 Å². The number of rotatable bonds is 1. The maximum Gasteiger partial charge on any atom is 0.329 e. The Balaban J connectivity index is 2.30. The molecule has 2 heterocycles. The van der Waals surface area contributed by atoms with Crippen molar-refractivity contribution in [2.45, 2.75) is 12.5 Å². The second-order valence-electron chi connectivity index (χ2n) is 4.82. The fourth-order valence-corrected chi connectivity index (χ4v) is 4.24. The van der Waals surface area contributed by atoms with Crippen molar-refractivity contribution in [3.63, 3.8) is 0 Å². The van der Waals surface area contributed by atoms with Gasteiger partial charge in [0, 0.05) is 0 Å². The molecule has 2 aromatic rings. The van der Waals surface area contributed by atoms with E-state index in [0.717, 1.165) is 10.6 Å². The average Bonchev–Trinajstić information content (AvgIpc) is 2.69. The molecule has 106 valence electrons. The zero-order valence-corrected chi connectivity index (χ0v) is 11.1. The summed E-state index contributed by atoms with van der Waals surface area (Å²) in [7, 11) is -3.25. The van der Waals surface area contributed by atoms with Crippen LogP contribution in [0.3, 0.4) is 0 Å². The number of nitrogens with zero attached hydrogens (tertiary/aromatic N) is 1. The number of halogens is 1. The van der Waals surface area contributed by atoms with E-state index in [1.807, 2.05) is 0 Å². The van der Waals surface area contributed by atoms with Gasteiger partial charge >= 0.3 is 5.69 Å². The average molecular weight is 298 g/mol. The second-order valence-corrected chi connectivity index (χ2v) is 7.05. The Morgan fingerprint density at radius 3 is 2.70 bits per heavy atom. The lowest BCUT2D eigenvalue weighted by Gasteiger charge is -2.11. The lowest BCUT2D eigenvalue weighted by Crippen LogP contribution is -2.38. The number of aromatic amines is 1. The standard InChI is InChI=1S/C12H11FN2O4S/c13-8-2-1-3-9-10(8)11(16)15(12(17)14-9)7-4-5-20(18,19)6-7/h1-3,7H,4-6H2,(H,14,17). The number of hydrogen-bond acceptors (Lipinski definition) is 4. The quantitative estimate of drug-likeness (QED) is 0.814. The molecule has 8 heteroatoms. The molecule has 1 saturated heterocycles. The third-order valence-electron chi connectivity index (χ3n) is 3.48. The molecule has 0 amide bonds. The number of sulfone groups is 1. The summed E-state index contributed by atoms with van der Waals surface area (Å²) in [5, 5.41) is -0.226. The van der Waals surface area contributed by atoms with Crippen molar-refractivity contribution < 1.29 is 12.8 Å². The Labute approximate surface area is 112 Å². The molecular weight excluding hydrogens is 287 g/mol. The van der Waals surface area contributed by atoms with Gasteiger partial charge in [-0.2, -0.15) is 0 Å². The van der Waals surface area contributed by atoms with Gasteiger partial charge in [-0.3, -0.25) is 9.36 Å². The Bertz CT molecular complexity index is 913. The van der Waals surface area contributed by atoms with Gasteiger partial charge in [0.1, 0.15) is 5.82 Å². The molecule has 0 spiro atoms. The van der Waals surface area contributed by atoms with Crippen molar-refractivity contribution in [2.24, 2.45) is 0 Å². The minimum atomic E-state index is -3.25. The maximum atomic E-state index is 13.7. The van der Waals surface area contributed by atoms with Crippen molar-refractivity contribution in [2.75, 3.05) is 11.5 Å². The largest absolute Gasteiger partial charge is 0.329 e. The zero-order valence-electron chi connectivity index (χ0n) is 10.3. The summed E-state index contributed by atoms with van der Waals surface area (Å²) in [5.74, 6) is -1.08. The summed E-state index contributed by atoms with van der Waals surface area (Å²) in [4.78, 5) is 26.6. The van der Waals surface area contributed by atoms with E-state index in [2.05, 4.69) is 4.98 Å². The highest BCUT2D eigenvalue weighted by Crippen LogP contribution is 2.21.